The number of benzene rings is 1. The second kappa shape index (κ2) is 10.9. The van der Waals surface area contributed by atoms with Crippen molar-refractivity contribution in [2.24, 2.45) is 0 Å². The van der Waals surface area contributed by atoms with Crippen molar-refractivity contribution in [2.75, 3.05) is 25.1 Å². The van der Waals surface area contributed by atoms with Crippen LogP contribution in [0, 0.1) is 6.92 Å². The maximum absolute atomic E-state index is 13.1. The van der Waals surface area contributed by atoms with E-state index in [0.717, 1.165) is 35.5 Å². The molecule has 1 unspecified atom stereocenters. The number of likely N-dealkylation sites (N-methyl/N-ethyl adjacent to an activating group) is 1. The van der Waals surface area contributed by atoms with Crippen molar-refractivity contribution in [1.82, 2.24) is 25.3 Å². The molecule has 1 aromatic heterocycles. The Morgan fingerprint density at radius 1 is 1.18 bits per heavy atom. The van der Waals surface area contributed by atoms with Crippen molar-refractivity contribution in [2.45, 2.75) is 52.2 Å². The largest absolute Gasteiger partial charge is 0.351 e. The fourth-order valence-corrected chi connectivity index (χ4v) is 4.47. The summed E-state index contributed by atoms with van der Waals surface area (Å²) in [6.45, 7) is 6.97. The quantitative estimate of drug-likeness (QED) is 0.520. The van der Waals surface area contributed by atoms with Gasteiger partial charge in [-0.1, -0.05) is 36.8 Å². The SMILES string of the molecule is CCCSCCCNC(=O)c1cc2n(n1)CC(C)(C(=O)NCc1ccc(C)cc1)N(C)C2=O. The van der Waals surface area contributed by atoms with E-state index in [9.17, 15) is 14.4 Å². The fraction of sp³-hybridized carbons (Fsp3) is 0.500. The molecule has 8 nitrogen and oxygen atoms in total. The zero-order valence-electron chi connectivity index (χ0n) is 19.8. The summed E-state index contributed by atoms with van der Waals surface area (Å²) in [4.78, 5) is 40.0. The van der Waals surface area contributed by atoms with Crippen LogP contribution in [0.15, 0.2) is 30.3 Å². The molecule has 3 amide bonds. The third-order valence-electron chi connectivity index (χ3n) is 5.90. The Hall–Kier alpha value is -2.81. The molecule has 0 saturated heterocycles. The van der Waals surface area contributed by atoms with Gasteiger partial charge < -0.3 is 15.5 Å². The summed E-state index contributed by atoms with van der Waals surface area (Å²) in [5.74, 6) is 1.20. The molecule has 2 N–H and O–H groups in total. The molecule has 0 fully saturated rings. The molecule has 33 heavy (non-hydrogen) atoms. The summed E-state index contributed by atoms with van der Waals surface area (Å²) in [7, 11) is 1.61. The number of fused-ring (bicyclic) bond motifs is 1. The number of hydrogen-bond donors (Lipinski definition) is 2. The van der Waals surface area contributed by atoms with E-state index in [-0.39, 0.29) is 30.0 Å². The summed E-state index contributed by atoms with van der Waals surface area (Å²) < 4.78 is 1.47. The maximum atomic E-state index is 13.1. The van der Waals surface area contributed by atoms with Crippen LogP contribution in [0.4, 0.5) is 0 Å². The molecular formula is C24H33N5O3S. The van der Waals surface area contributed by atoms with Gasteiger partial charge in [0.2, 0.25) is 5.91 Å². The molecule has 9 heteroatoms. The number of amides is 3. The first-order valence-corrected chi connectivity index (χ1v) is 12.5. The number of rotatable bonds is 10. The van der Waals surface area contributed by atoms with Gasteiger partial charge in [0.15, 0.2) is 5.69 Å². The Labute approximate surface area is 199 Å². The molecule has 0 bridgehead atoms. The summed E-state index contributed by atoms with van der Waals surface area (Å²) >= 11 is 1.87. The Morgan fingerprint density at radius 3 is 2.61 bits per heavy atom. The number of aromatic nitrogens is 2. The van der Waals surface area contributed by atoms with Crippen LogP contribution in [-0.4, -0.2) is 63.0 Å². The van der Waals surface area contributed by atoms with Gasteiger partial charge in [-0.3, -0.25) is 19.1 Å². The van der Waals surface area contributed by atoms with E-state index in [1.807, 2.05) is 43.0 Å². The lowest BCUT2D eigenvalue weighted by atomic mass is 9.95. The lowest BCUT2D eigenvalue weighted by molar-refractivity contribution is -0.132. The molecule has 178 valence electrons. The van der Waals surface area contributed by atoms with Crippen LogP contribution in [0.25, 0.3) is 0 Å². The zero-order valence-corrected chi connectivity index (χ0v) is 20.6. The van der Waals surface area contributed by atoms with Gasteiger partial charge in [0.05, 0.1) is 6.54 Å². The Bertz CT molecular complexity index is 1000. The first-order valence-electron chi connectivity index (χ1n) is 11.3. The smallest absolute Gasteiger partial charge is 0.272 e. The molecule has 0 aliphatic carbocycles. The summed E-state index contributed by atoms with van der Waals surface area (Å²) in [5.41, 5.74) is 1.51. The third-order valence-corrected chi connectivity index (χ3v) is 7.17. The summed E-state index contributed by atoms with van der Waals surface area (Å²) in [6, 6.07) is 9.42. The van der Waals surface area contributed by atoms with Crippen molar-refractivity contribution < 1.29 is 14.4 Å². The molecule has 1 aromatic carbocycles. The minimum absolute atomic E-state index is 0.172. The van der Waals surface area contributed by atoms with Crippen molar-refractivity contribution in [1.29, 1.82) is 0 Å². The zero-order chi connectivity index (χ0) is 24.0. The molecule has 3 rings (SSSR count). The molecule has 1 atom stereocenters. The van der Waals surface area contributed by atoms with Crippen molar-refractivity contribution in [3.05, 3.63) is 52.8 Å². The Balaban J connectivity index is 1.64. The van der Waals surface area contributed by atoms with Crippen LogP contribution in [0.1, 0.15) is 58.8 Å². The molecular weight excluding hydrogens is 438 g/mol. The van der Waals surface area contributed by atoms with Crippen LogP contribution in [-0.2, 0) is 17.9 Å². The fourth-order valence-electron chi connectivity index (χ4n) is 3.63. The molecule has 2 aromatic rings. The average Bonchev–Trinajstić information content (AvgIpc) is 3.23. The van der Waals surface area contributed by atoms with E-state index in [0.29, 0.717) is 18.8 Å². The van der Waals surface area contributed by atoms with Gasteiger partial charge >= 0.3 is 0 Å². The minimum Gasteiger partial charge on any atom is -0.351 e. The van der Waals surface area contributed by atoms with E-state index in [4.69, 9.17) is 0 Å². The van der Waals surface area contributed by atoms with Gasteiger partial charge in [-0.05, 0) is 43.8 Å². The van der Waals surface area contributed by atoms with Gasteiger partial charge in [0.25, 0.3) is 11.8 Å². The van der Waals surface area contributed by atoms with Crippen LogP contribution in [0.3, 0.4) is 0 Å². The summed E-state index contributed by atoms with van der Waals surface area (Å²) in [6.07, 6.45) is 2.02. The second-order valence-corrected chi connectivity index (χ2v) is 9.83. The number of nitrogens with one attached hydrogen (secondary N) is 2. The topological polar surface area (TPSA) is 96.3 Å². The standard InChI is InChI=1S/C24H33N5O3S/c1-5-12-33-13-6-11-25-21(30)19-14-20-22(31)28(4)24(3,16-29(20)27-19)23(32)26-15-18-9-7-17(2)8-10-18/h7-10,14H,5-6,11-13,15-16H2,1-4H3,(H,25,30)(H,26,32). The number of aryl methyl sites for hydroxylation is 1. The molecule has 2 heterocycles. The molecule has 1 aliphatic heterocycles. The third kappa shape index (κ3) is 5.76. The lowest BCUT2D eigenvalue weighted by Crippen LogP contribution is -2.62. The lowest BCUT2D eigenvalue weighted by Gasteiger charge is -2.40. The van der Waals surface area contributed by atoms with Gasteiger partial charge in [-0.25, -0.2) is 0 Å². The monoisotopic (exact) mass is 471 g/mol. The van der Waals surface area contributed by atoms with Gasteiger partial charge in [-0.15, -0.1) is 0 Å². The highest BCUT2D eigenvalue weighted by Crippen LogP contribution is 2.26. The van der Waals surface area contributed by atoms with Crippen molar-refractivity contribution >= 4 is 29.5 Å². The highest BCUT2D eigenvalue weighted by Gasteiger charge is 2.46. The number of carbonyl (C=O) groups excluding carboxylic acids is 3. The highest BCUT2D eigenvalue weighted by atomic mass is 32.2. The first kappa shape index (κ1) is 24.8. The average molecular weight is 472 g/mol. The van der Waals surface area contributed by atoms with Gasteiger partial charge in [0.1, 0.15) is 11.2 Å². The van der Waals surface area contributed by atoms with E-state index in [1.165, 1.54) is 15.6 Å². The molecule has 0 saturated carbocycles. The van der Waals surface area contributed by atoms with Crippen LogP contribution >= 0.6 is 11.8 Å². The van der Waals surface area contributed by atoms with E-state index < -0.39 is 5.54 Å². The highest BCUT2D eigenvalue weighted by molar-refractivity contribution is 7.99. The van der Waals surface area contributed by atoms with Crippen LogP contribution in [0.5, 0.6) is 0 Å². The first-order chi connectivity index (χ1) is 15.8. The van der Waals surface area contributed by atoms with Crippen LogP contribution < -0.4 is 10.6 Å². The molecule has 0 radical (unpaired) electrons. The predicted molar refractivity (Wildman–Crippen MR) is 130 cm³/mol. The predicted octanol–water partition coefficient (Wildman–Crippen LogP) is 2.62. The van der Waals surface area contributed by atoms with Gasteiger partial charge in [0, 0.05) is 26.2 Å². The van der Waals surface area contributed by atoms with E-state index in [1.54, 1.807) is 14.0 Å². The molecule has 1 aliphatic rings. The number of hydrogen-bond acceptors (Lipinski definition) is 5. The number of thioether (sulfide) groups is 1. The number of carbonyl (C=O) groups is 3. The van der Waals surface area contributed by atoms with Gasteiger partial charge in [-0.2, -0.15) is 16.9 Å². The Morgan fingerprint density at radius 2 is 1.91 bits per heavy atom. The Kier molecular flexibility index (Phi) is 8.18. The minimum atomic E-state index is -1.12. The summed E-state index contributed by atoms with van der Waals surface area (Å²) in [5, 5.41) is 10.1. The molecule has 0 spiro atoms. The van der Waals surface area contributed by atoms with Crippen molar-refractivity contribution in [3.8, 4) is 0 Å². The van der Waals surface area contributed by atoms with E-state index in [2.05, 4.69) is 22.7 Å². The van der Waals surface area contributed by atoms with Crippen LogP contribution in [0.2, 0.25) is 0 Å². The maximum Gasteiger partial charge on any atom is 0.272 e. The normalized spacial score (nSPS) is 17.6. The second-order valence-electron chi connectivity index (χ2n) is 8.60. The number of nitrogens with zero attached hydrogens (tertiary/aromatic N) is 3. The van der Waals surface area contributed by atoms with E-state index >= 15 is 0 Å². The van der Waals surface area contributed by atoms with Crippen molar-refractivity contribution in [3.63, 3.8) is 0 Å².